The molecule has 5 N–H and O–H groups in total. The lowest BCUT2D eigenvalue weighted by atomic mass is 9.90. The second kappa shape index (κ2) is 6.02. The second-order valence-corrected chi connectivity index (χ2v) is 4.08. The number of benzene rings is 1. The number of aliphatic carboxylic acids is 3. The van der Waals surface area contributed by atoms with Crippen LogP contribution < -0.4 is 5.32 Å². The van der Waals surface area contributed by atoms with Crippen molar-refractivity contribution in [2.75, 3.05) is 5.32 Å². The number of rotatable bonds is 7. The summed E-state index contributed by atoms with van der Waals surface area (Å²) >= 11 is 0. The summed E-state index contributed by atoms with van der Waals surface area (Å²) in [5, 5.41) is 38.9. The van der Waals surface area contributed by atoms with E-state index in [1.165, 1.54) is 12.1 Å². The second-order valence-electron chi connectivity index (χ2n) is 4.08. The highest BCUT2D eigenvalue weighted by molar-refractivity contribution is 5.93. The lowest BCUT2D eigenvalue weighted by Crippen LogP contribution is -2.58. The maximum Gasteiger partial charge on any atom is 0.339 e. The average Bonchev–Trinajstić information content (AvgIpc) is 2.35. The first kappa shape index (κ1) is 15.4. The molecule has 2 atom stereocenters. The standard InChI is InChI=1S/C12H13NO7/c14-8(15)6-12(20,11(18)19)9(10(16)17)13-7-4-2-1-3-5-7/h1-5,9,13,20H,6H2,(H,14,15)(H,16,17)(H,18,19). The molecule has 0 bridgehead atoms. The van der Waals surface area contributed by atoms with Gasteiger partial charge in [-0.1, -0.05) is 18.2 Å². The molecule has 1 aromatic carbocycles. The van der Waals surface area contributed by atoms with Gasteiger partial charge in [0.15, 0.2) is 6.04 Å². The normalized spacial score (nSPS) is 14.8. The Labute approximate surface area is 113 Å². The fourth-order valence-corrected chi connectivity index (χ4v) is 1.62. The molecule has 0 saturated carbocycles. The van der Waals surface area contributed by atoms with E-state index in [4.69, 9.17) is 15.3 Å². The van der Waals surface area contributed by atoms with Crippen molar-refractivity contribution in [3.05, 3.63) is 30.3 Å². The molecule has 20 heavy (non-hydrogen) atoms. The van der Waals surface area contributed by atoms with Crippen LogP contribution in [-0.4, -0.2) is 50.0 Å². The molecule has 0 aliphatic carbocycles. The Morgan fingerprint density at radius 3 is 2.05 bits per heavy atom. The van der Waals surface area contributed by atoms with Crippen LogP contribution in [0.5, 0.6) is 0 Å². The predicted octanol–water partition coefficient (Wildman–Crippen LogP) is -0.158. The number of para-hydroxylation sites is 1. The molecule has 2 unspecified atom stereocenters. The van der Waals surface area contributed by atoms with Crippen molar-refractivity contribution < 1.29 is 34.8 Å². The van der Waals surface area contributed by atoms with Crippen LogP contribution in [0.2, 0.25) is 0 Å². The molecule has 8 nitrogen and oxygen atoms in total. The van der Waals surface area contributed by atoms with Crippen molar-refractivity contribution in [1.29, 1.82) is 0 Å². The van der Waals surface area contributed by atoms with Crippen molar-refractivity contribution >= 4 is 23.6 Å². The Balaban J connectivity index is 3.12. The Bertz CT molecular complexity index is 516. The summed E-state index contributed by atoms with van der Waals surface area (Å²) < 4.78 is 0. The molecule has 8 heteroatoms. The third-order valence-corrected chi connectivity index (χ3v) is 2.60. The summed E-state index contributed by atoms with van der Waals surface area (Å²) in [4.78, 5) is 32.9. The zero-order chi connectivity index (χ0) is 15.3. The van der Waals surface area contributed by atoms with Crippen LogP contribution in [-0.2, 0) is 14.4 Å². The quantitative estimate of drug-likeness (QED) is 0.464. The first-order valence-corrected chi connectivity index (χ1v) is 5.49. The fraction of sp³-hybridized carbons (Fsp3) is 0.250. The summed E-state index contributed by atoms with van der Waals surface area (Å²) in [6, 6.07) is 5.69. The maximum atomic E-state index is 11.2. The third-order valence-electron chi connectivity index (χ3n) is 2.60. The number of hydrogen-bond donors (Lipinski definition) is 5. The van der Waals surface area contributed by atoms with Gasteiger partial charge in [0, 0.05) is 5.69 Å². The molecule has 1 aromatic rings. The van der Waals surface area contributed by atoms with E-state index >= 15 is 0 Å². The zero-order valence-electron chi connectivity index (χ0n) is 10.2. The van der Waals surface area contributed by atoms with E-state index in [0.717, 1.165) is 0 Å². The van der Waals surface area contributed by atoms with E-state index in [9.17, 15) is 19.5 Å². The number of carbonyl (C=O) groups is 3. The molecule has 0 aliphatic heterocycles. The van der Waals surface area contributed by atoms with Gasteiger partial charge in [-0.25, -0.2) is 9.59 Å². The minimum atomic E-state index is -2.98. The van der Waals surface area contributed by atoms with Crippen LogP contribution in [0.1, 0.15) is 6.42 Å². The summed E-state index contributed by atoms with van der Waals surface area (Å²) in [5.74, 6) is -5.24. The van der Waals surface area contributed by atoms with Crippen LogP contribution in [0.4, 0.5) is 5.69 Å². The number of carboxylic acid groups (broad SMARTS) is 3. The van der Waals surface area contributed by atoms with Gasteiger partial charge in [0.05, 0.1) is 6.42 Å². The van der Waals surface area contributed by atoms with Crippen molar-refractivity contribution in [2.45, 2.75) is 18.1 Å². The van der Waals surface area contributed by atoms with Crippen LogP contribution >= 0.6 is 0 Å². The number of nitrogens with one attached hydrogen (secondary N) is 1. The highest BCUT2D eigenvalue weighted by Gasteiger charge is 2.50. The first-order chi connectivity index (χ1) is 9.27. The van der Waals surface area contributed by atoms with Gasteiger partial charge in [-0.05, 0) is 12.1 Å². The Kier molecular flexibility index (Phi) is 4.65. The SMILES string of the molecule is O=C(O)CC(O)(C(=O)O)C(Nc1ccccc1)C(=O)O. The van der Waals surface area contributed by atoms with Crippen LogP contribution in [0.3, 0.4) is 0 Å². The number of carboxylic acids is 3. The number of hydrogen-bond acceptors (Lipinski definition) is 5. The molecule has 0 aromatic heterocycles. The van der Waals surface area contributed by atoms with Gasteiger partial charge in [0.1, 0.15) is 0 Å². The van der Waals surface area contributed by atoms with Crippen molar-refractivity contribution in [1.82, 2.24) is 0 Å². The summed E-state index contributed by atoms with van der Waals surface area (Å²) in [6.45, 7) is 0. The summed E-state index contributed by atoms with van der Waals surface area (Å²) in [7, 11) is 0. The molecule has 0 radical (unpaired) electrons. The van der Waals surface area contributed by atoms with Gasteiger partial charge in [-0.3, -0.25) is 4.79 Å². The first-order valence-electron chi connectivity index (χ1n) is 5.49. The smallest absolute Gasteiger partial charge is 0.339 e. The minimum Gasteiger partial charge on any atom is -0.481 e. The van der Waals surface area contributed by atoms with Gasteiger partial charge in [0.2, 0.25) is 5.60 Å². The van der Waals surface area contributed by atoms with Crippen molar-refractivity contribution in [3.8, 4) is 0 Å². The van der Waals surface area contributed by atoms with E-state index in [-0.39, 0.29) is 5.69 Å². The van der Waals surface area contributed by atoms with Crippen molar-refractivity contribution in [2.24, 2.45) is 0 Å². The van der Waals surface area contributed by atoms with E-state index in [0.29, 0.717) is 0 Å². The topological polar surface area (TPSA) is 144 Å². The molecular formula is C12H13NO7. The van der Waals surface area contributed by atoms with E-state index in [1.54, 1.807) is 18.2 Å². The molecular weight excluding hydrogens is 270 g/mol. The highest BCUT2D eigenvalue weighted by atomic mass is 16.4. The monoisotopic (exact) mass is 283 g/mol. The Hall–Kier alpha value is -2.61. The van der Waals surface area contributed by atoms with Crippen LogP contribution in [0, 0.1) is 0 Å². The van der Waals surface area contributed by atoms with Crippen LogP contribution in [0.25, 0.3) is 0 Å². The summed E-state index contributed by atoms with van der Waals surface area (Å²) in [5.41, 5.74) is -2.74. The molecule has 0 saturated heterocycles. The Morgan fingerprint density at radius 1 is 1.10 bits per heavy atom. The summed E-state index contributed by atoms with van der Waals surface area (Å²) in [6.07, 6.45) is -1.25. The number of anilines is 1. The molecule has 1 rings (SSSR count). The molecule has 0 spiro atoms. The van der Waals surface area contributed by atoms with Crippen LogP contribution in [0.15, 0.2) is 30.3 Å². The van der Waals surface area contributed by atoms with Gasteiger partial charge >= 0.3 is 17.9 Å². The lowest BCUT2D eigenvalue weighted by molar-refractivity contribution is -0.171. The zero-order valence-corrected chi connectivity index (χ0v) is 10.2. The molecule has 0 amide bonds. The molecule has 0 heterocycles. The third kappa shape index (κ3) is 3.45. The fourth-order valence-electron chi connectivity index (χ4n) is 1.62. The van der Waals surface area contributed by atoms with Gasteiger partial charge in [0.25, 0.3) is 0 Å². The maximum absolute atomic E-state index is 11.2. The minimum absolute atomic E-state index is 0.241. The van der Waals surface area contributed by atoms with Gasteiger partial charge in [-0.2, -0.15) is 0 Å². The van der Waals surface area contributed by atoms with Crippen molar-refractivity contribution in [3.63, 3.8) is 0 Å². The van der Waals surface area contributed by atoms with E-state index in [2.05, 4.69) is 5.32 Å². The Morgan fingerprint density at radius 2 is 1.65 bits per heavy atom. The van der Waals surface area contributed by atoms with Gasteiger partial charge in [-0.15, -0.1) is 0 Å². The van der Waals surface area contributed by atoms with E-state index < -0.39 is 36.0 Å². The molecule has 108 valence electrons. The van der Waals surface area contributed by atoms with E-state index in [1.807, 2.05) is 0 Å². The predicted molar refractivity (Wildman–Crippen MR) is 66.3 cm³/mol. The molecule has 0 aliphatic rings. The van der Waals surface area contributed by atoms with Gasteiger partial charge < -0.3 is 25.7 Å². The number of aliphatic hydroxyl groups is 1. The highest BCUT2D eigenvalue weighted by Crippen LogP contribution is 2.21. The largest absolute Gasteiger partial charge is 0.481 e. The molecule has 0 fully saturated rings. The average molecular weight is 283 g/mol. The lowest BCUT2D eigenvalue weighted by Gasteiger charge is -2.29.